The van der Waals surface area contributed by atoms with E-state index in [1.165, 1.54) is 0 Å². The largest absolute Gasteiger partial charge is 0.497 e. The molecule has 1 aromatic heterocycles. The molecule has 1 amide bonds. The minimum absolute atomic E-state index is 0.0446. The number of benzene rings is 2. The molecule has 0 unspecified atom stereocenters. The fourth-order valence-electron chi connectivity index (χ4n) is 2.33. The molecule has 0 spiro atoms. The molecule has 0 bridgehead atoms. The number of carbonyl (C=O) groups excluding carboxylic acids is 1. The number of amides is 1. The number of carbonyl (C=O) groups is 1. The first-order valence-corrected chi connectivity index (χ1v) is 7.79. The summed E-state index contributed by atoms with van der Waals surface area (Å²) in [7, 11) is 1.60. The summed E-state index contributed by atoms with van der Waals surface area (Å²) in [5.74, 6) is 0.896. The van der Waals surface area contributed by atoms with Gasteiger partial charge in [0.2, 0.25) is 5.82 Å². The zero-order valence-corrected chi connectivity index (χ0v) is 13.7. The number of methoxy groups -OCH3 is 1. The lowest BCUT2D eigenvalue weighted by molar-refractivity contribution is 0.0934. The van der Waals surface area contributed by atoms with Gasteiger partial charge in [-0.3, -0.25) is 4.79 Å². The lowest BCUT2D eigenvalue weighted by Crippen LogP contribution is -2.27. The highest BCUT2D eigenvalue weighted by atomic mass is 16.5. The van der Waals surface area contributed by atoms with E-state index < -0.39 is 5.91 Å². The van der Waals surface area contributed by atoms with Gasteiger partial charge < -0.3 is 15.2 Å². The van der Waals surface area contributed by atoms with Crippen LogP contribution < -0.4 is 10.1 Å². The highest BCUT2D eigenvalue weighted by Gasteiger charge is 2.18. The molecular formula is C18H18N4O3. The van der Waals surface area contributed by atoms with Crippen molar-refractivity contribution in [3.63, 3.8) is 0 Å². The number of aliphatic hydroxyl groups is 1. The summed E-state index contributed by atoms with van der Waals surface area (Å²) in [4.78, 5) is 16.5. The van der Waals surface area contributed by atoms with Gasteiger partial charge >= 0.3 is 0 Å². The van der Waals surface area contributed by atoms with E-state index in [1.54, 1.807) is 11.8 Å². The molecule has 0 saturated carbocycles. The van der Waals surface area contributed by atoms with Gasteiger partial charge in [-0.05, 0) is 24.3 Å². The van der Waals surface area contributed by atoms with Gasteiger partial charge in [-0.15, -0.1) is 5.10 Å². The lowest BCUT2D eigenvalue weighted by Gasteiger charge is -2.06. The van der Waals surface area contributed by atoms with Crippen LogP contribution in [-0.4, -0.2) is 46.0 Å². The summed E-state index contributed by atoms with van der Waals surface area (Å²) in [5.41, 5.74) is 1.60. The van der Waals surface area contributed by atoms with Crippen molar-refractivity contribution < 1.29 is 14.6 Å². The Morgan fingerprint density at radius 3 is 2.52 bits per heavy atom. The van der Waals surface area contributed by atoms with E-state index in [2.05, 4.69) is 15.4 Å². The summed E-state index contributed by atoms with van der Waals surface area (Å²) < 4.78 is 6.79. The highest BCUT2D eigenvalue weighted by molar-refractivity contribution is 5.91. The highest BCUT2D eigenvalue weighted by Crippen LogP contribution is 2.22. The molecule has 0 fully saturated rings. The van der Waals surface area contributed by atoms with Gasteiger partial charge in [0.05, 0.1) is 19.4 Å². The van der Waals surface area contributed by atoms with Crippen LogP contribution in [0.5, 0.6) is 5.75 Å². The zero-order chi connectivity index (χ0) is 17.6. The average molecular weight is 338 g/mol. The zero-order valence-electron chi connectivity index (χ0n) is 13.7. The number of hydrogen-bond acceptors (Lipinski definition) is 5. The fraction of sp³-hybridized carbons (Fsp3) is 0.167. The molecule has 25 heavy (non-hydrogen) atoms. The van der Waals surface area contributed by atoms with Gasteiger partial charge in [0.25, 0.3) is 5.91 Å². The van der Waals surface area contributed by atoms with Gasteiger partial charge in [-0.2, -0.15) is 0 Å². The minimum atomic E-state index is -0.432. The Hall–Kier alpha value is -3.19. The molecule has 128 valence electrons. The van der Waals surface area contributed by atoms with Gasteiger partial charge in [-0.25, -0.2) is 9.67 Å². The van der Waals surface area contributed by atoms with Gasteiger partial charge in [0.15, 0.2) is 5.82 Å². The molecule has 7 nitrogen and oxygen atoms in total. The van der Waals surface area contributed by atoms with Crippen LogP contribution in [0.15, 0.2) is 54.6 Å². The van der Waals surface area contributed by atoms with E-state index in [-0.39, 0.29) is 19.0 Å². The van der Waals surface area contributed by atoms with Crippen molar-refractivity contribution in [3.05, 3.63) is 60.4 Å². The first kappa shape index (κ1) is 16.7. The van der Waals surface area contributed by atoms with Crippen LogP contribution in [0.3, 0.4) is 0 Å². The topological polar surface area (TPSA) is 89.3 Å². The van der Waals surface area contributed by atoms with Gasteiger partial charge in [0.1, 0.15) is 5.75 Å². The standard InChI is InChI=1S/C18H18N4O3/c1-25-15-9-7-14(8-10-15)22-17(13-5-3-2-4-6-13)20-16(21-22)18(24)19-11-12-23/h2-10,23H,11-12H2,1H3,(H,19,24). The maximum absolute atomic E-state index is 12.2. The molecule has 0 atom stereocenters. The Labute approximate surface area is 144 Å². The molecule has 3 rings (SSSR count). The third-order valence-corrected chi connectivity index (χ3v) is 3.56. The van der Waals surface area contributed by atoms with Crippen molar-refractivity contribution in [2.45, 2.75) is 0 Å². The Morgan fingerprint density at radius 2 is 1.88 bits per heavy atom. The number of nitrogens with one attached hydrogen (secondary N) is 1. The van der Waals surface area contributed by atoms with Crippen LogP contribution >= 0.6 is 0 Å². The number of aromatic nitrogens is 3. The number of hydrogen-bond donors (Lipinski definition) is 2. The van der Waals surface area contributed by atoms with Crippen LogP contribution in [0.25, 0.3) is 17.1 Å². The summed E-state index contributed by atoms with van der Waals surface area (Å²) in [6, 6.07) is 16.8. The van der Waals surface area contributed by atoms with E-state index in [0.717, 1.165) is 17.0 Å². The third kappa shape index (κ3) is 3.67. The predicted octanol–water partition coefficient (Wildman–Crippen LogP) is 1.67. The second-order valence-corrected chi connectivity index (χ2v) is 5.21. The maximum atomic E-state index is 12.2. The summed E-state index contributed by atoms with van der Waals surface area (Å²) >= 11 is 0. The molecule has 0 aliphatic heterocycles. The van der Waals surface area contributed by atoms with E-state index >= 15 is 0 Å². The fourth-order valence-corrected chi connectivity index (χ4v) is 2.33. The first-order chi connectivity index (χ1) is 12.2. The van der Waals surface area contributed by atoms with Crippen molar-refractivity contribution in [1.29, 1.82) is 0 Å². The minimum Gasteiger partial charge on any atom is -0.497 e. The summed E-state index contributed by atoms with van der Waals surface area (Å²) in [6.45, 7) is 0.00699. The maximum Gasteiger partial charge on any atom is 0.291 e. The second-order valence-electron chi connectivity index (χ2n) is 5.21. The molecule has 0 aliphatic carbocycles. The third-order valence-electron chi connectivity index (χ3n) is 3.56. The first-order valence-electron chi connectivity index (χ1n) is 7.79. The van der Waals surface area contributed by atoms with Crippen molar-refractivity contribution in [3.8, 4) is 22.8 Å². The molecule has 2 N–H and O–H groups in total. The van der Waals surface area contributed by atoms with E-state index in [0.29, 0.717) is 5.82 Å². The van der Waals surface area contributed by atoms with Crippen LogP contribution in [-0.2, 0) is 0 Å². The predicted molar refractivity (Wildman–Crippen MR) is 92.8 cm³/mol. The Morgan fingerprint density at radius 1 is 1.16 bits per heavy atom. The summed E-state index contributed by atoms with van der Waals surface area (Å²) in [5, 5.41) is 15.8. The summed E-state index contributed by atoms with van der Waals surface area (Å²) in [6.07, 6.45) is 0. The molecule has 0 saturated heterocycles. The monoisotopic (exact) mass is 338 g/mol. The Balaban J connectivity index is 2.04. The van der Waals surface area contributed by atoms with Crippen molar-refractivity contribution in [2.75, 3.05) is 20.3 Å². The van der Waals surface area contributed by atoms with Crippen molar-refractivity contribution >= 4 is 5.91 Å². The smallest absolute Gasteiger partial charge is 0.291 e. The van der Waals surface area contributed by atoms with Gasteiger partial charge in [0, 0.05) is 12.1 Å². The Bertz CT molecular complexity index is 845. The SMILES string of the molecule is COc1ccc(-n2nc(C(=O)NCCO)nc2-c2ccccc2)cc1. The van der Waals surface area contributed by atoms with Crippen molar-refractivity contribution in [2.24, 2.45) is 0 Å². The molecular weight excluding hydrogens is 320 g/mol. The Kier molecular flexibility index (Phi) is 5.06. The number of ether oxygens (including phenoxy) is 1. The van der Waals surface area contributed by atoms with Gasteiger partial charge in [-0.1, -0.05) is 30.3 Å². The molecule has 0 radical (unpaired) electrons. The molecule has 0 aliphatic rings. The van der Waals surface area contributed by atoms with E-state index in [9.17, 15) is 4.79 Å². The lowest BCUT2D eigenvalue weighted by atomic mass is 10.2. The van der Waals surface area contributed by atoms with E-state index in [1.807, 2.05) is 54.6 Å². The average Bonchev–Trinajstić information content (AvgIpc) is 3.12. The number of nitrogens with zero attached hydrogens (tertiary/aromatic N) is 3. The van der Waals surface area contributed by atoms with E-state index in [4.69, 9.17) is 9.84 Å². The molecule has 2 aromatic carbocycles. The second kappa shape index (κ2) is 7.59. The van der Waals surface area contributed by atoms with Crippen LogP contribution in [0.1, 0.15) is 10.6 Å². The molecule has 7 heteroatoms. The number of rotatable bonds is 6. The van der Waals surface area contributed by atoms with Crippen LogP contribution in [0.4, 0.5) is 0 Å². The molecule has 3 aromatic rings. The molecule has 1 heterocycles. The normalized spacial score (nSPS) is 10.5. The van der Waals surface area contributed by atoms with Crippen molar-refractivity contribution in [1.82, 2.24) is 20.1 Å². The van der Waals surface area contributed by atoms with Crippen LogP contribution in [0.2, 0.25) is 0 Å². The quantitative estimate of drug-likeness (QED) is 0.713. The number of aliphatic hydroxyl groups excluding tert-OH is 1. The van der Waals surface area contributed by atoms with Crippen LogP contribution in [0, 0.1) is 0 Å².